The first-order valence-corrected chi connectivity index (χ1v) is 13.2. The standard InChI is InChI=1S/C25H22FN3O5S2/c1-3-34-23(30)15-29-21-13-10-17(26)14-22(21)35-25(29)27-24(31)19-6-4-5-7-20(19)28-36(32,33)18-11-8-16(2)9-12-18/h4-14,28H,3,15H2,1-2H3. The minimum absolute atomic E-state index is 0.0134. The van der Waals surface area contributed by atoms with Gasteiger partial charge in [-0.3, -0.25) is 14.3 Å². The number of thiazole rings is 1. The van der Waals surface area contributed by atoms with Gasteiger partial charge < -0.3 is 9.30 Å². The van der Waals surface area contributed by atoms with E-state index in [1.54, 1.807) is 31.2 Å². The first-order chi connectivity index (χ1) is 17.2. The molecule has 186 valence electrons. The molecule has 4 rings (SSSR count). The van der Waals surface area contributed by atoms with Crippen molar-refractivity contribution in [3.63, 3.8) is 0 Å². The van der Waals surface area contributed by atoms with Gasteiger partial charge in [0.1, 0.15) is 12.4 Å². The number of hydrogen-bond acceptors (Lipinski definition) is 6. The predicted molar refractivity (Wildman–Crippen MR) is 135 cm³/mol. The molecule has 11 heteroatoms. The second-order valence-corrected chi connectivity index (χ2v) is 10.5. The van der Waals surface area contributed by atoms with Crippen LogP contribution in [0.3, 0.4) is 0 Å². The minimum Gasteiger partial charge on any atom is -0.465 e. The van der Waals surface area contributed by atoms with Gasteiger partial charge in [-0.25, -0.2) is 12.8 Å². The highest BCUT2D eigenvalue weighted by Crippen LogP contribution is 2.22. The van der Waals surface area contributed by atoms with Crippen molar-refractivity contribution < 1.29 is 27.1 Å². The Labute approximate surface area is 210 Å². The number of carbonyl (C=O) groups excluding carboxylic acids is 2. The van der Waals surface area contributed by atoms with Crippen LogP contribution >= 0.6 is 11.3 Å². The molecule has 1 N–H and O–H groups in total. The molecule has 3 aromatic carbocycles. The van der Waals surface area contributed by atoms with Gasteiger partial charge in [-0.1, -0.05) is 41.2 Å². The Balaban J connectivity index is 1.75. The molecule has 0 aliphatic heterocycles. The Kier molecular flexibility index (Phi) is 7.32. The molecule has 0 radical (unpaired) electrons. The summed E-state index contributed by atoms with van der Waals surface area (Å²) in [5.74, 6) is -1.75. The van der Waals surface area contributed by atoms with Crippen LogP contribution < -0.4 is 9.52 Å². The van der Waals surface area contributed by atoms with Gasteiger partial charge >= 0.3 is 5.97 Å². The van der Waals surface area contributed by atoms with Gasteiger partial charge in [0.25, 0.3) is 15.9 Å². The van der Waals surface area contributed by atoms with Crippen molar-refractivity contribution in [1.82, 2.24) is 4.57 Å². The number of aryl methyl sites for hydroxylation is 1. The third-order valence-corrected chi connectivity index (χ3v) is 7.59. The summed E-state index contributed by atoms with van der Waals surface area (Å²) in [5.41, 5.74) is 1.48. The van der Waals surface area contributed by atoms with Crippen LogP contribution in [0, 0.1) is 12.7 Å². The number of fused-ring (bicyclic) bond motifs is 1. The topological polar surface area (TPSA) is 107 Å². The second kappa shape index (κ2) is 10.4. The third-order valence-electron chi connectivity index (χ3n) is 5.17. The number of aromatic nitrogens is 1. The van der Waals surface area contributed by atoms with E-state index in [4.69, 9.17) is 4.74 Å². The molecule has 1 amide bonds. The molecular weight excluding hydrogens is 505 g/mol. The molecule has 0 bridgehead atoms. The highest BCUT2D eigenvalue weighted by Gasteiger charge is 2.19. The Morgan fingerprint density at radius 3 is 2.53 bits per heavy atom. The van der Waals surface area contributed by atoms with E-state index in [2.05, 4.69) is 9.71 Å². The second-order valence-electron chi connectivity index (χ2n) is 7.77. The van der Waals surface area contributed by atoms with E-state index in [1.165, 1.54) is 47.0 Å². The van der Waals surface area contributed by atoms with Crippen LogP contribution in [0.4, 0.5) is 10.1 Å². The molecule has 0 saturated heterocycles. The number of sulfonamides is 1. The number of anilines is 1. The van der Waals surface area contributed by atoms with E-state index in [-0.39, 0.29) is 34.1 Å². The van der Waals surface area contributed by atoms with Crippen LogP contribution in [0.15, 0.2) is 76.6 Å². The smallest absolute Gasteiger partial charge is 0.326 e. The Morgan fingerprint density at radius 2 is 1.81 bits per heavy atom. The normalized spacial score (nSPS) is 12.0. The first-order valence-electron chi connectivity index (χ1n) is 10.9. The molecule has 8 nitrogen and oxygen atoms in total. The summed E-state index contributed by atoms with van der Waals surface area (Å²) < 4.78 is 49.0. The molecule has 36 heavy (non-hydrogen) atoms. The van der Waals surface area contributed by atoms with Crippen molar-refractivity contribution >= 4 is 49.1 Å². The number of benzene rings is 3. The number of amides is 1. The van der Waals surface area contributed by atoms with Gasteiger partial charge in [0.2, 0.25) is 0 Å². The predicted octanol–water partition coefficient (Wildman–Crippen LogP) is 4.26. The number of ether oxygens (including phenoxy) is 1. The maximum Gasteiger partial charge on any atom is 0.326 e. The van der Waals surface area contributed by atoms with Gasteiger partial charge in [-0.05, 0) is 56.3 Å². The average molecular weight is 528 g/mol. The number of esters is 1. The van der Waals surface area contributed by atoms with Crippen LogP contribution in [0.1, 0.15) is 22.8 Å². The van der Waals surface area contributed by atoms with Gasteiger partial charge in [-0.2, -0.15) is 4.99 Å². The maximum absolute atomic E-state index is 13.8. The summed E-state index contributed by atoms with van der Waals surface area (Å²) in [7, 11) is -3.96. The summed E-state index contributed by atoms with van der Waals surface area (Å²) in [6.07, 6.45) is 0. The molecule has 0 fully saturated rings. The molecule has 4 aromatic rings. The summed E-state index contributed by atoms with van der Waals surface area (Å²) in [6.45, 7) is 3.46. The Hall–Kier alpha value is -3.83. The lowest BCUT2D eigenvalue weighted by Crippen LogP contribution is -2.23. The van der Waals surface area contributed by atoms with Crippen molar-refractivity contribution in [3.05, 3.63) is 88.5 Å². The van der Waals surface area contributed by atoms with E-state index in [1.807, 2.05) is 6.92 Å². The fraction of sp³-hybridized carbons (Fsp3) is 0.160. The number of halogens is 1. The van der Waals surface area contributed by atoms with E-state index >= 15 is 0 Å². The van der Waals surface area contributed by atoms with Crippen molar-refractivity contribution in [1.29, 1.82) is 0 Å². The van der Waals surface area contributed by atoms with Crippen LogP contribution in [-0.4, -0.2) is 31.5 Å². The average Bonchev–Trinajstić information content (AvgIpc) is 3.15. The quantitative estimate of drug-likeness (QED) is 0.362. The molecule has 1 heterocycles. The van der Waals surface area contributed by atoms with Crippen LogP contribution in [0.2, 0.25) is 0 Å². The largest absolute Gasteiger partial charge is 0.465 e. The first kappa shape index (κ1) is 25.3. The molecular formula is C25H22FN3O5S2. The zero-order valence-electron chi connectivity index (χ0n) is 19.4. The van der Waals surface area contributed by atoms with Crippen molar-refractivity contribution in [2.24, 2.45) is 4.99 Å². The summed E-state index contributed by atoms with van der Waals surface area (Å²) in [5, 5.41) is 0. The molecule has 0 aliphatic carbocycles. The van der Waals surface area contributed by atoms with Crippen molar-refractivity contribution in [3.8, 4) is 0 Å². The molecule has 1 aromatic heterocycles. The SMILES string of the molecule is CCOC(=O)Cn1c(=NC(=O)c2ccccc2NS(=O)(=O)c2ccc(C)cc2)sc2cc(F)ccc21. The lowest BCUT2D eigenvalue weighted by Gasteiger charge is -2.11. The summed E-state index contributed by atoms with van der Waals surface area (Å²) in [4.78, 5) is 29.7. The number of rotatable bonds is 7. The summed E-state index contributed by atoms with van der Waals surface area (Å²) >= 11 is 1.03. The highest BCUT2D eigenvalue weighted by molar-refractivity contribution is 7.92. The van der Waals surface area contributed by atoms with Crippen LogP contribution in [-0.2, 0) is 26.1 Å². The van der Waals surface area contributed by atoms with Gasteiger partial charge in [0, 0.05) is 0 Å². The number of nitrogens with one attached hydrogen (secondary N) is 1. The lowest BCUT2D eigenvalue weighted by molar-refractivity contribution is -0.143. The molecule has 0 aliphatic rings. The lowest BCUT2D eigenvalue weighted by atomic mass is 10.2. The zero-order valence-corrected chi connectivity index (χ0v) is 21.0. The van der Waals surface area contributed by atoms with E-state index < -0.39 is 27.7 Å². The zero-order chi connectivity index (χ0) is 25.9. The fourth-order valence-electron chi connectivity index (χ4n) is 3.45. The molecule has 0 unspecified atom stereocenters. The van der Waals surface area contributed by atoms with E-state index in [0.717, 1.165) is 16.9 Å². The number of hydrogen-bond donors (Lipinski definition) is 1. The summed E-state index contributed by atoms with van der Waals surface area (Å²) in [6, 6.07) is 16.4. The van der Waals surface area contributed by atoms with Gasteiger partial charge in [0.15, 0.2) is 4.80 Å². The van der Waals surface area contributed by atoms with Gasteiger partial charge in [0.05, 0.1) is 33.0 Å². The maximum atomic E-state index is 13.8. The highest BCUT2D eigenvalue weighted by atomic mass is 32.2. The third kappa shape index (κ3) is 5.52. The van der Waals surface area contributed by atoms with Crippen LogP contribution in [0.25, 0.3) is 10.2 Å². The Morgan fingerprint density at radius 1 is 1.08 bits per heavy atom. The van der Waals surface area contributed by atoms with E-state index in [0.29, 0.717) is 10.2 Å². The number of carbonyl (C=O) groups is 2. The van der Waals surface area contributed by atoms with Crippen molar-refractivity contribution in [2.45, 2.75) is 25.3 Å². The minimum atomic E-state index is -3.96. The van der Waals surface area contributed by atoms with Gasteiger partial charge in [-0.15, -0.1) is 0 Å². The number of nitrogens with zero attached hydrogens (tertiary/aromatic N) is 2. The molecule has 0 atom stereocenters. The monoisotopic (exact) mass is 527 g/mol. The molecule has 0 saturated carbocycles. The van der Waals surface area contributed by atoms with E-state index in [9.17, 15) is 22.4 Å². The number of para-hydroxylation sites is 1. The van der Waals surface area contributed by atoms with Crippen LogP contribution in [0.5, 0.6) is 0 Å². The Bertz CT molecular complexity index is 1620. The fourth-order valence-corrected chi connectivity index (χ4v) is 5.58. The molecule has 0 spiro atoms. The van der Waals surface area contributed by atoms with Crippen molar-refractivity contribution in [2.75, 3.05) is 11.3 Å².